The highest BCUT2D eigenvalue weighted by Gasteiger charge is 1.97. The molecule has 0 radical (unpaired) electrons. The summed E-state index contributed by atoms with van der Waals surface area (Å²) < 4.78 is 0. The SMILES string of the molecule is CCCCC=CN(C=O)CCCCCCCCCCCCCCCCCC. The third-order valence-electron chi connectivity index (χ3n) is 5.43. The third kappa shape index (κ3) is 21.4. The Kier molecular flexibility index (Phi) is 22.6. The Bertz CT molecular complexity index is 313. The fraction of sp³-hybridized carbons (Fsp3) is 0.880. The highest BCUT2D eigenvalue weighted by Crippen LogP contribution is 2.13. The van der Waals surface area contributed by atoms with Crippen molar-refractivity contribution < 1.29 is 4.79 Å². The van der Waals surface area contributed by atoms with Crippen LogP contribution in [0.2, 0.25) is 0 Å². The highest BCUT2D eigenvalue weighted by molar-refractivity contribution is 5.48. The lowest BCUT2D eigenvalue weighted by Crippen LogP contribution is -2.16. The summed E-state index contributed by atoms with van der Waals surface area (Å²) in [5.41, 5.74) is 0. The number of nitrogens with zero attached hydrogens (tertiary/aromatic N) is 1. The molecule has 0 bridgehead atoms. The molecule has 0 aliphatic carbocycles. The maximum absolute atomic E-state index is 11.0. The van der Waals surface area contributed by atoms with Gasteiger partial charge in [-0.3, -0.25) is 4.79 Å². The largest absolute Gasteiger partial charge is 0.322 e. The zero-order chi connectivity index (χ0) is 19.8. The van der Waals surface area contributed by atoms with Crippen molar-refractivity contribution in [3.05, 3.63) is 12.3 Å². The van der Waals surface area contributed by atoms with E-state index in [-0.39, 0.29) is 0 Å². The predicted molar refractivity (Wildman–Crippen MR) is 121 cm³/mol. The Hall–Kier alpha value is -0.790. The quantitative estimate of drug-likeness (QED) is 0.136. The van der Waals surface area contributed by atoms with Crippen molar-refractivity contribution in [3.8, 4) is 0 Å². The van der Waals surface area contributed by atoms with E-state index in [0.29, 0.717) is 0 Å². The number of amides is 1. The van der Waals surface area contributed by atoms with Crippen LogP contribution in [0.1, 0.15) is 136 Å². The third-order valence-corrected chi connectivity index (χ3v) is 5.43. The monoisotopic (exact) mass is 379 g/mol. The molecule has 1 amide bonds. The van der Waals surface area contributed by atoms with Gasteiger partial charge in [-0.05, 0) is 12.8 Å². The number of carbonyl (C=O) groups is 1. The average molecular weight is 380 g/mol. The molecule has 0 aromatic carbocycles. The van der Waals surface area contributed by atoms with Crippen LogP contribution in [0.5, 0.6) is 0 Å². The lowest BCUT2D eigenvalue weighted by atomic mass is 10.0. The van der Waals surface area contributed by atoms with Gasteiger partial charge in [0.1, 0.15) is 0 Å². The lowest BCUT2D eigenvalue weighted by Gasteiger charge is -2.11. The molecule has 0 fully saturated rings. The molecule has 0 atom stereocenters. The first-order valence-electron chi connectivity index (χ1n) is 12.2. The molecule has 0 N–H and O–H groups in total. The summed E-state index contributed by atoms with van der Waals surface area (Å²) in [4.78, 5) is 12.8. The van der Waals surface area contributed by atoms with Gasteiger partial charge in [0.25, 0.3) is 0 Å². The minimum absolute atomic E-state index is 0.880. The van der Waals surface area contributed by atoms with Crippen LogP contribution >= 0.6 is 0 Å². The van der Waals surface area contributed by atoms with Crippen LogP contribution in [0.4, 0.5) is 0 Å². The molecule has 0 heterocycles. The minimum atomic E-state index is 0.880. The van der Waals surface area contributed by atoms with Crippen molar-refractivity contribution in [1.82, 2.24) is 4.90 Å². The van der Waals surface area contributed by atoms with E-state index in [4.69, 9.17) is 0 Å². The maximum atomic E-state index is 11.0. The van der Waals surface area contributed by atoms with E-state index in [2.05, 4.69) is 19.9 Å². The summed E-state index contributed by atoms with van der Waals surface area (Å²) in [5.74, 6) is 0. The number of carbonyl (C=O) groups excluding carboxylic acids is 1. The molecule has 27 heavy (non-hydrogen) atoms. The van der Waals surface area contributed by atoms with Crippen LogP contribution in [0, 0.1) is 0 Å². The van der Waals surface area contributed by atoms with E-state index in [0.717, 1.165) is 25.8 Å². The molecule has 0 saturated carbocycles. The van der Waals surface area contributed by atoms with Gasteiger partial charge >= 0.3 is 0 Å². The van der Waals surface area contributed by atoms with E-state index in [1.54, 1.807) is 4.90 Å². The minimum Gasteiger partial charge on any atom is -0.322 e. The normalized spacial score (nSPS) is 11.3. The summed E-state index contributed by atoms with van der Waals surface area (Å²) in [7, 11) is 0. The lowest BCUT2D eigenvalue weighted by molar-refractivity contribution is -0.116. The van der Waals surface area contributed by atoms with E-state index in [9.17, 15) is 4.79 Å². The molecule has 0 aromatic heterocycles. The van der Waals surface area contributed by atoms with E-state index in [1.807, 2.05) is 6.20 Å². The van der Waals surface area contributed by atoms with Crippen LogP contribution in [0.15, 0.2) is 12.3 Å². The molecule has 0 aromatic rings. The number of unbranched alkanes of at least 4 members (excludes halogenated alkanes) is 17. The van der Waals surface area contributed by atoms with Gasteiger partial charge in [-0.2, -0.15) is 0 Å². The number of rotatable bonds is 22. The Morgan fingerprint density at radius 3 is 1.37 bits per heavy atom. The van der Waals surface area contributed by atoms with Crippen molar-refractivity contribution in [2.45, 2.75) is 136 Å². The van der Waals surface area contributed by atoms with Gasteiger partial charge in [0.15, 0.2) is 0 Å². The average Bonchev–Trinajstić information content (AvgIpc) is 2.69. The Labute approximate surface area is 171 Å². The van der Waals surface area contributed by atoms with Crippen molar-refractivity contribution in [1.29, 1.82) is 0 Å². The molecule has 0 rings (SSSR count). The zero-order valence-electron chi connectivity index (χ0n) is 18.7. The number of hydrogen-bond acceptors (Lipinski definition) is 1. The standard InChI is InChI=1S/C25H49NO/c1-3-5-7-9-10-11-12-13-14-15-16-17-18-19-20-22-24-26(25-27)23-21-8-6-4-2/h21,23,25H,3-20,22,24H2,1-2H3. The van der Waals surface area contributed by atoms with Crippen molar-refractivity contribution >= 4 is 6.41 Å². The molecule has 0 saturated heterocycles. The first-order chi connectivity index (χ1) is 13.3. The molecular formula is C25H49NO. The van der Waals surface area contributed by atoms with Crippen LogP contribution in [-0.4, -0.2) is 17.9 Å². The predicted octanol–water partition coefficient (Wildman–Crippen LogP) is 8.41. The zero-order valence-corrected chi connectivity index (χ0v) is 18.7. The van der Waals surface area contributed by atoms with Gasteiger partial charge < -0.3 is 4.90 Å². The van der Waals surface area contributed by atoms with Crippen molar-refractivity contribution in [3.63, 3.8) is 0 Å². The van der Waals surface area contributed by atoms with Crippen LogP contribution in [0.3, 0.4) is 0 Å². The van der Waals surface area contributed by atoms with Gasteiger partial charge in [0.2, 0.25) is 6.41 Å². The maximum Gasteiger partial charge on any atom is 0.213 e. The van der Waals surface area contributed by atoms with Crippen molar-refractivity contribution in [2.75, 3.05) is 6.54 Å². The Morgan fingerprint density at radius 2 is 0.963 bits per heavy atom. The molecule has 2 nitrogen and oxygen atoms in total. The molecular weight excluding hydrogens is 330 g/mol. The molecule has 0 spiro atoms. The highest BCUT2D eigenvalue weighted by atomic mass is 16.1. The van der Waals surface area contributed by atoms with E-state index >= 15 is 0 Å². The van der Waals surface area contributed by atoms with Crippen molar-refractivity contribution in [2.24, 2.45) is 0 Å². The first kappa shape index (κ1) is 26.2. The Balaban J connectivity index is 3.23. The van der Waals surface area contributed by atoms with Gasteiger partial charge in [0, 0.05) is 12.7 Å². The van der Waals surface area contributed by atoms with Gasteiger partial charge in [-0.25, -0.2) is 0 Å². The summed E-state index contributed by atoms with van der Waals surface area (Å²) in [6, 6.07) is 0. The molecule has 2 heteroatoms. The van der Waals surface area contributed by atoms with E-state index < -0.39 is 0 Å². The fourth-order valence-corrected chi connectivity index (χ4v) is 3.54. The van der Waals surface area contributed by atoms with E-state index in [1.165, 1.54) is 109 Å². The summed E-state index contributed by atoms with van der Waals surface area (Å²) >= 11 is 0. The fourth-order valence-electron chi connectivity index (χ4n) is 3.54. The van der Waals surface area contributed by atoms with Crippen LogP contribution in [0.25, 0.3) is 0 Å². The van der Waals surface area contributed by atoms with Gasteiger partial charge in [0.05, 0.1) is 0 Å². The molecule has 0 aliphatic rings. The summed E-state index contributed by atoms with van der Waals surface area (Å²) in [6.07, 6.45) is 30.8. The van der Waals surface area contributed by atoms with Crippen LogP contribution in [-0.2, 0) is 4.79 Å². The number of hydrogen-bond donors (Lipinski definition) is 0. The molecule has 0 aliphatic heterocycles. The van der Waals surface area contributed by atoms with Crippen LogP contribution < -0.4 is 0 Å². The van der Waals surface area contributed by atoms with Gasteiger partial charge in [-0.1, -0.05) is 129 Å². The second kappa shape index (κ2) is 23.2. The summed E-state index contributed by atoms with van der Waals surface area (Å²) in [6.45, 7) is 5.36. The number of allylic oxidation sites excluding steroid dienone is 1. The first-order valence-corrected chi connectivity index (χ1v) is 12.2. The molecule has 0 unspecified atom stereocenters. The summed E-state index contributed by atoms with van der Waals surface area (Å²) in [5, 5.41) is 0. The van der Waals surface area contributed by atoms with Gasteiger partial charge in [-0.15, -0.1) is 0 Å². The smallest absolute Gasteiger partial charge is 0.213 e. The topological polar surface area (TPSA) is 20.3 Å². The second-order valence-corrected chi connectivity index (χ2v) is 8.17. The molecule has 160 valence electrons. The second-order valence-electron chi connectivity index (χ2n) is 8.17. The Morgan fingerprint density at radius 1 is 0.556 bits per heavy atom.